The van der Waals surface area contributed by atoms with Crippen molar-refractivity contribution in [3.8, 4) is 5.75 Å². The summed E-state index contributed by atoms with van der Waals surface area (Å²) in [4.78, 5) is 21.5. The molecule has 1 amide bonds. The predicted molar refractivity (Wildman–Crippen MR) is 145 cm³/mol. The van der Waals surface area contributed by atoms with E-state index in [2.05, 4.69) is 24.9 Å². The Labute approximate surface area is 229 Å². The molecule has 2 aromatic carbocycles. The van der Waals surface area contributed by atoms with E-state index < -0.39 is 29.6 Å². The highest BCUT2D eigenvalue weighted by atomic mass is 32.2. The first-order valence-electron chi connectivity index (χ1n) is 11.7. The highest BCUT2D eigenvalue weighted by Gasteiger charge is 2.32. The van der Waals surface area contributed by atoms with Crippen molar-refractivity contribution in [1.82, 2.24) is 0 Å². The molecule has 1 aliphatic carbocycles. The van der Waals surface area contributed by atoms with E-state index in [4.69, 9.17) is 5.73 Å². The first-order chi connectivity index (χ1) is 19.1. The second-order valence-corrected chi connectivity index (χ2v) is 9.33. The van der Waals surface area contributed by atoms with Crippen molar-refractivity contribution in [2.75, 3.05) is 10.7 Å². The summed E-state index contributed by atoms with van der Waals surface area (Å²) in [6.45, 7) is 0. The van der Waals surface area contributed by atoms with Gasteiger partial charge in [0.15, 0.2) is 5.17 Å². The van der Waals surface area contributed by atoms with E-state index in [1.165, 1.54) is 30.8 Å². The molecule has 0 spiro atoms. The van der Waals surface area contributed by atoms with E-state index in [1.807, 2.05) is 6.08 Å². The largest absolute Gasteiger partial charge is 0.573 e. The van der Waals surface area contributed by atoms with Crippen LogP contribution >= 0.6 is 11.8 Å². The molecule has 40 heavy (non-hydrogen) atoms. The lowest BCUT2D eigenvalue weighted by Gasteiger charge is -2.27. The lowest BCUT2D eigenvalue weighted by molar-refractivity contribution is -0.274. The molecule has 1 atom stereocenters. The number of anilines is 1. The zero-order valence-corrected chi connectivity index (χ0v) is 21.4. The van der Waals surface area contributed by atoms with Gasteiger partial charge in [-0.2, -0.15) is 5.10 Å². The number of halogens is 5. The average molecular weight is 577 g/mol. The summed E-state index contributed by atoms with van der Waals surface area (Å²) < 4.78 is 69.1. The van der Waals surface area contributed by atoms with Crippen molar-refractivity contribution in [3.63, 3.8) is 0 Å². The first-order valence-corrected chi connectivity index (χ1v) is 12.7. The van der Waals surface area contributed by atoms with Gasteiger partial charge in [-0.25, -0.2) is 18.8 Å². The normalized spacial score (nSPS) is 19.6. The maximum Gasteiger partial charge on any atom is 0.573 e. The van der Waals surface area contributed by atoms with Crippen LogP contribution < -0.4 is 15.4 Å². The molecule has 0 aromatic heterocycles. The minimum Gasteiger partial charge on any atom is -0.406 e. The zero-order valence-electron chi connectivity index (χ0n) is 20.6. The van der Waals surface area contributed by atoms with Gasteiger partial charge in [-0.1, -0.05) is 36.1 Å². The number of amidine groups is 2. The van der Waals surface area contributed by atoms with Crippen molar-refractivity contribution in [2.45, 2.75) is 19.2 Å². The number of amides is 1. The third-order valence-electron chi connectivity index (χ3n) is 5.49. The molecule has 2 aromatic rings. The Morgan fingerprint density at radius 1 is 1.12 bits per heavy atom. The topological polar surface area (TPSA) is 105 Å². The maximum atomic E-state index is 14.3. The Kier molecular flexibility index (Phi) is 9.09. The summed E-state index contributed by atoms with van der Waals surface area (Å²) in [6, 6.07) is 8.30. The number of hydrogen-bond acceptors (Lipinski definition) is 6. The van der Waals surface area contributed by atoms with Gasteiger partial charge in [0.1, 0.15) is 35.2 Å². The number of thioether (sulfide) groups is 1. The third-order valence-corrected chi connectivity index (χ3v) is 6.42. The van der Waals surface area contributed by atoms with Crippen LogP contribution in [0.2, 0.25) is 0 Å². The first kappa shape index (κ1) is 28.7. The number of rotatable bonds is 7. The van der Waals surface area contributed by atoms with Crippen LogP contribution in [-0.2, 0) is 4.79 Å². The number of carbonyl (C=O) groups excluding carboxylic acids is 1. The smallest absolute Gasteiger partial charge is 0.406 e. The molecule has 0 radical (unpaired) electrons. The molecule has 1 heterocycles. The predicted octanol–water partition coefficient (Wildman–Crippen LogP) is 5.89. The molecule has 8 nitrogen and oxygen atoms in total. The molecule has 208 valence electrons. The molecule has 2 aliphatic rings. The number of aliphatic imine (C=N–C) groups is 2. The number of allylic oxidation sites excluding steroid dienone is 3. The van der Waals surface area contributed by atoms with Gasteiger partial charge < -0.3 is 10.5 Å². The van der Waals surface area contributed by atoms with Crippen LogP contribution in [0.25, 0.3) is 0 Å². The molecule has 4 rings (SSSR count). The highest BCUT2D eigenvalue weighted by Crippen LogP contribution is 2.30. The fraction of sp³-hybridized carbons (Fsp3) is 0.192. The van der Waals surface area contributed by atoms with Crippen LogP contribution in [0, 0.1) is 17.6 Å². The molecule has 0 bridgehead atoms. The summed E-state index contributed by atoms with van der Waals surface area (Å²) in [7, 11) is 0. The van der Waals surface area contributed by atoms with Gasteiger partial charge in [0.2, 0.25) is 5.91 Å². The molecule has 14 heteroatoms. The maximum absolute atomic E-state index is 14.3. The van der Waals surface area contributed by atoms with Gasteiger partial charge in [-0.05, 0) is 48.4 Å². The Bertz CT molecular complexity index is 1410. The lowest BCUT2D eigenvalue weighted by atomic mass is 9.96. The molecule has 1 aliphatic heterocycles. The van der Waals surface area contributed by atoms with Crippen molar-refractivity contribution < 1.29 is 31.5 Å². The van der Waals surface area contributed by atoms with Gasteiger partial charge in [0.05, 0.1) is 11.9 Å². The monoisotopic (exact) mass is 576 g/mol. The van der Waals surface area contributed by atoms with Crippen LogP contribution in [0.5, 0.6) is 5.75 Å². The SMILES string of the molecule is NC(=NC=Nc1ccc(OC(F)(F)F)cc1)C1C=CC(/C=N/N=C2\SCCC(=O)N2c2c(F)cccc2F)=CC1. The summed E-state index contributed by atoms with van der Waals surface area (Å²) >= 11 is 1.16. The van der Waals surface area contributed by atoms with E-state index in [1.54, 1.807) is 12.2 Å². The fourth-order valence-corrected chi connectivity index (χ4v) is 4.48. The number of hydrogen-bond donors (Lipinski definition) is 1. The van der Waals surface area contributed by atoms with Crippen molar-refractivity contribution in [2.24, 2.45) is 31.8 Å². The molecular weight excluding hydrogens is 555 g/mol. The number of carbonyl (C=O) groups is 1. The van der Waals surface area contributed by atoms with Crippen LogP contribution in [0.3, 0.4) is 0 Å². The van der Waals surface area contributed by atoms with Crippen molar-refractivity contribution >= 4 is 52.6 Å². The second-order valence-electron chi connectivity index (χ2n) is 8.27. The molecule has 0 saturated carbocycles. The van der Waals surface area contributed by atoms with E-state index in [9.17, 15) is 26.7 Å². The van der Waals surface area contributed by atoms with E-state index in [-0.39, 0.29) is 29.1 Å². The zero-order chi connectivity index (χ0) is 28.7. The van der Waals surface area contributed by atoms with Crippen LogP contribution in [0.15, 0.2) is 86.5 Å². The summed E-state index contributed by atoms with van der Waals surface area (Å²) in [5.74, 6) is -2.16. The Balaban J connectivity index is 1.36. The van der Waals surface area contributed by atoms with Crippen LogP contribution in [0.4, 0.5) is 33.3 Å². The molecular formula is C26H21F5N6O2S. The second kappa shape index (κ2) is 12.7. The number of benzene rings is 2. The third kappa shape index (κ3) is 7.62. The minimum absolute atomic E-state index is 0.0629. The van der Waals surface area contributed by atoms with Crippen molar-refractivity contribution in [3.05, 3.63) is 77.9 Å². The van der Waals surface area contributed by atoms with Gasteiger partial charge in [0.25, 0.3) is 0 Å². The van der Waals surface area contributed by atoms with E-state index in [0.717, 1.165) is 40.9 Å². The van der Waals surface area contributed by atoms with E-state index >= 15 is 0 Å². The minimum atomic E-state index is -4.77. The summed E-state index contributed by atoms with van der Waals surface area (Å²) in [5, 5.41) is 8.09. The quantitative estimate of drug-likeness (QED) is 0.192. The van der Waals surface area contributed by atoms with Gasteiger partial charge in [0, 0.05) is 18.1 Å². The Morgan fingerprint density at radius 2 is 1.85 bits per heavy atom. The molecule has 1 saturated heterocycles. The summed E-state index contributed by atoms with van der Waals surface area (Å²) in [6.07, 6.45) is 3.83. The number of alkyl halides is 3. The van der Waals surface area contributed by atoms with E-state index in [0.29, 0.717) is 23.4 Å². The highest BCUT2D eigenvalue weighted by molar-refractivity contribution is 8.14. The fourth-order valence-electron chi connectivity index (χ4n) is 3.60. The van der Waals surface area contributed by atoms with Gasteiger partial charge >= 0.3 is 6.36 Å². The number of ether oxygens (including phenoxy) is 1. The van der Waals surface area contributed by atoms with Crippen LogP contribution in [0.1, 0.15) is 12.8 Å². The molecule has 1 fully saturated rings. The lowest BCUT2D eigenvalue weighted by Crippen LogP contribution is -2.40. The summed E-state index contributed by atoms with van der Waals surface area (Å²) in [5.41, 5.74) is 6.60. The molecule has 1 unspecified atom stereocenters. The number of nitrogens with zero attached hydrogens (tertiary/aromatic N) is 5. The number of para-hydroxylation sites is 1. The van der Waals surface area contributed by atoms with Crippen molar-refractivity contribution in [1.29, 1.82) is 0 Å². The van der Waals surface area contributed by atoms with Crippen LogP contribution in [-0.4, -0.2) is 41.6 Å². The average Bonchev–Trinajstić information content (AvgIpc) is 2.90. The van der Waals surface area contributed by atoms with Gasteiger partial charge in [-0.15, -0.1) is 18.3 Å². The number of nitrogens with two attached hydrogens (primary N) is 1. The Hall–Kier alpha value is -4.33. The Morgan fingerprint density at radius 3 is 2.50 bits per heavy atom. The molecule has 2 N–H and O–H groups in total. The standard InChI is InChI=1S/C26H21F5N6O2S/c27-20-2-1-3-21(28)23(20)37-22(38)12-13-40-25(37)36-35-14-16-4-6-17(7-5-16)24(32)34-15-33-18-8-10-19(11-9-18)39-26(29,30)31/h1-6,8-11,14-15,17H,7,12-13H2,(H2,32,33,34)/b35-14+,36-25-. The van der Waals surface area contributed by atoms with Gasteiger partial charge in [-0.3, -0.25) is 9.69 Å².